The van der Waals surface area contributed by atoms with Gasteiger partial charge in [-0.2, -0.15) is 15.5 Å². The molecular formula is C22H20F2N10O. The predicted molar refractivity (Wildman–Crippen MR) is 120 cm³/mol. The number of hydrazone groups is 1. The quantitative estimate of drug-likeness (QED) is 0.565. The summed E-state index contributed by atoms with van der Waals surface area (Å²) < 4.78 is 29.7. The van der Waals surface area contributed by atoms with Crippen molar-refractivity contribution in [3.05, 3.63) is 53.5 Å². The Kier molecular flexibility index (Phi) is 5.77. The average molecular weight is 478 g/mol. The van der Waals surface area contributed by atoms with E-state index in [9.17, 15) is 13.6 Å². The lowest BCUT2D eigenvalue weighted by molar-refractivity contribution is 0.139. The smallest absolute Gasteiger partial charge is 0.337 e. The second kappa shape index (κ2) is 9.05. The van der Waals surface area contributed by atoms with Gasteiger partial charge in [-0.25, -0.2) is 38.2 Å². The van der Waals surface area contributed by atoms with Crippen LogP contribution in [0, 0.1) is 23.0 Å². The molecule has 0 aliphatic carbocycles. The molecule has 1 fully saturated rings. The van der Waals surface area contributed by atoms with E-state index in [1.165, 1.54) is 22.1 Å². The molecule has 5 rings (SSSR count). The molecule has 0 saturated carbocycles. The first kappa shape index (κ1) is 22.3. The van der Waals surface area contributed by atoms with Crippen LogP contribution in [0.1, 0.15) is 23.6 Å². The molecule has 11 nitrogen and oxygen atoms in total. The van der Waals surface area contributed by atoms with Gasteiger partial charge in [0.15, 0.2) is 11.6 Å². The molecule has 2 amide bonds. The van der Waals surface area contributed by atoms with E-state index in [0.29, 0.717) is 44.1 Å². The molecule has 0 N–H and O–H groups in total. The van der Waals surface area contributed by atoms with Gasteiger partial charge < -0.3 is 9.80 Å². The van der Waals surface area contributed by atoms with Gasteiger partial charge in [0.2, 0.25) is 5.95 Å². The first-order valence-electron chi connectivity index (χ1n) is 10.9. The molecule has 0 unspecified atom stereocenters. The van der Waals surface area contributed by atoms with Crippen LogP contribution in [0.5, 0.6) is 0 Å². The summed E-state index contributed by atoms with van der Waals surface area (Å²) in [5.74, 6) is -0.521. The molecule has 4 heterocycles. The van der Waals surface area contributed by atoms with Crippen LogP contribution in [0.4, 0.5) is 19.5 Å². The highest BCUT2D eigenvalue weighted by Crippen LogP contribution is 2.31. The Morgan fingerprint density at radius 3 is 2.66 bits per heavy atom. The maximum absolute atomic E-state index is 14.3. The van der Waals surface area contributed by atoms with E-state index in [-0.39, 0.29) is 23.1 Å². The number of urea groups is 1. The highest BCUT2D eigenvalue weighted by Gasteiger charge is 2.34. The Balaban J connectivity index is 1.28. The fourth-order valence-electron chi connectivity index (χ4n) is 4.16. The minimum atomic E-state index is -0.603. The fourth-order valence-corrected chi connectivity index (χ4v) is 4.16. The van der Waals surface area contributed by atoms with E-state index in [1.54, 1.807) is 24.2 Å². The lowest BCUT2D eigenvalue weighted by atomic mass is 10.0. The van der Waals surface area contributed by atoms with Crippen molar-refractivity contribution in [2.45, 2.75) is 12.5 Å². The number of nitrogens with zero attached hydrogens (tertiary/aromatic N) is 10. The second-order valence-electron chi connectivity index (χ2n) is 8.11. The van der Waals surface area contributed by atoms with Gasteiger partial charge in [-0.05, 0) is 23.8 Å². The topological polar surface area (TPSA) is 119 Å². The number of halogens is 2. The Morgan fingerprint density at radius 2 is 1.94 bits per heavy atom. The highest BCUT2D eigenvalue weighted by atomic mass is 19.1. The van der Waals surface area contributed by atoms with E-state index in [0.717, 1.165) is 12.3 Å². The molecule has 178 valence electrons. The van der Waals surface area contributed by atoms with Gasteiger partial charge >= 0.3 is 6.03 Å². The zero-order valence-electron chi connectivity index (χ0n) is 18.7. The zero-order valence-corrected chi connectivity index (χ0v) is 18.7. The van der Waals surface area contributed by atoms with Crippen molar-refractivity contribution in [1.82, 2.24) is 34.6 Å². The molecule has 35 heavy (non-hydrogen) atoms. The molecule has 0 radical (unpaired) electrons. The molecule has 2 aliphatic rings. The first-order valence-corrected chi connectivity index (χ1v) is 10.9. The van der Waals surface area contributed by atoms with E-state index >= 15 is 0 Å². The molecule has 3 aromatic rings. The van der Waals surface area contributed by atoms with E-state index in [4.69, 9.17) is 5.26 Å². The molecule has 13 heteroatoms. The molecule has 1 atom stereocenters. The predicted octanol–water partition coefficient (Wildman–Crippen LogP) is 2.10. The molecule has 0 spiro atoms. The Hall–Kier alpha value is -4.47. The van der Waals surface area contributed by atoms with Crippen molar-refractivity contribution in [1.29, 1.82) is 5.26 Å². The lowest BCUT2D eigenvalue weighted by Gasteiger charge is -2.37. The summed E-state index contributed by atoms with van der Waals surface area (Å²) in [6, 6.07) is 5.17. The molecule has 1 saturated heterocycles. The largest absolute Gasteiger partial charge is 0.341 e. The minimum Gasteiger partial charge on any atom is -0.337 e. The SMILES string of the molecule is Cn1ncnc1-c1nc(N2CCN(C(=O)N3N=CC[C@H]3c3cc(F)cc(C#N)c3)CC2)ncc1F. The Bertz CT molecular complexity index is 1340. The van der Waals surface area contributed by atoms with E-state index in [2.05, 4.69) is 25.2 Å². The van der Waals surface area contributed by atoms with Gasteiger partial charge in [-0.15, -0.1) is 0 Å². The maximum Gasteiger partial charge on any atom is 0.341 e. The van der Waals surface area contributed by atoms with E-state index < -0.39 is 17.7 Å². The third kappa shape index (κ3) is 4.25. The summed E-state index contributed by atoms with van der Waals surface area (Å²) in [5.41, 5.74) is 0.754. The normalized spacial score (nSPS) is 17.7. The van der Waals surface area contributed by atoms with Gasteiger partial charge in [-0.3, -0.25) is 0 Å². The van der Waals surface area contributed by atoms with Gasteiger partial charge in [-0.1, -0.05) is 0 Å². The van der Waals surface area contributed by atoms with Crippen LogP contribution in [0.25, 0.3) is 11.5 Å². The van der Waals surface area contributed by atoms with Crippen molar-refractivity contribution >= 4 is 18.2 Å². The summed E-state index contributed by atoms with van der Waals surface area (Å²) in [6.45, 7) is 1.58. The second-order valence-corrected chi connectivity index (χ2v) is 8.11. The number of benzene rings is 1. The van der Waals surface area contributed by atoms with Crippen molar-refractivity contribution in [2.24, 2.45) is 12.1 Å². The monoisotopic (exact) mass is 478 g/mol. The number of hydrogen-bond acceptors (Lipinski definition) is 8. The van der Waals surface area contributed by atoms with Crippen LogP contribution in [0.15, 0.2) is 35.8 Å². The number of aryl methyl sites for hydroxylation is 1. The number of carbonyl (C=O) groups is 1. The summed E-state index contributed by atoms with van der Waals surface area (Å²) in [7, 11) is 1.65. The lowest BCUT2D eigenvalue weighted by Crippen LogP contribution is -2.52. The van der Waals surface area contributed by atoms with Crippen molar-refractivity contribution in [2.75, 3.05) is 31.1 Å². The molecular weight excluding hydrogens is 458 g/mol. The number of nitriles is 1. The maximum atomic E-state index is 14.3. The molecule has 2 aromatic heterocycles. The number of carbonyl (C=O) groups excluding carboxylic acids is 1. The molecule has 1 aromatic carbocycles. The van der Waals surface area contributed by atoms with Crippen molar-refractivity contribution < 1.29 is 13.6 Å². The number of piperazine rings is 1. The van der Waals surface area contributed by atoms with Gasteiger partial charge in [0.25, 0.3) is 0 Å². The van der Waals surface area contributed by atoms with Gasteiger partial charge in [0.05, 0.1) is 23.9 Å². The molecule has 2 aliphatic heterocycles. The summed E-state index contributed by atoms with van der Waals surface area (Å²) in [4.78, 5) is 29.2. The Morgan fingerprint density at radius 1 is 1.14 bits per heavy atom. The number of aromatic nitrogens is 5. The average Bonchev–Trinajstić information content (AvgIpc) is 3.53. The zero-order chi connectivity index (χ0) is 24.5. The minimum absolute atomic E-state index is 0.0505. The van der Waals surface area contributed by atoms with Gasteiger partial charge in [0, 0.05) is 45.9 Å². The highest BCUT2D eigenvalue weighted by molar-refractivity contribution is 5.79. The summed E-state index contributed by atoms with van der Waals surface area (Å²) in [6.07, 6.45) is 4.45. The third-order valence-corrected chi connectivity index (χ3v) is 5.95. The van der Waals surface area contributed by atoms with Crippen LogP contribution in [0.2, 0.25) is 0 Å². The fraction of sp³-hybridized carbons (Fsp3) is 0.318. The number of hydrogen-bond donors (Lipinski definition) is 0. The van der Waals surface area contributed by atoms with Crippen LogP contribution in [-0.4, -0.2) is 73.1 Å². The standard InChI is InChI=1S/C22H20F2N10O/c1-31-20(27-13-29-31)19-17(24)12-26-21(30-19)32-4-6-33(7-5-32)22(35)34-18(2-3-28-34)15-8-14(11-25)9-16(23)10-15/h3,8-10,12-13,18H,2,4-7H2,1H3/t18-/m0/s1. The molecule has 0 bridgehead atoms. The first-order chi connectivity index (χ1) is 16.9. The van der Waals surface area contributed by atoms with Crippen LogP contribution in [-0.2, 0) is 7.05 Å². The number of amides is 2. The van der Waals surface area contributed by atoms with Crippen LogP contribution < -0.4 is 4.90 Å². The van der Waals surface area contributed by atoms with Gasteiger partial charge in [0.1, 0.15) is 17.8 Å². The van der Waals surface area contributed by atoms with E-state index in [1.807, 2.05) is 11.0 Å². The van der Waals surface area contributed by atoms with Crippen LogP contribution >= 0.6 is 0 Å². The summed E-state index contributed by atoms with van der Waals surface area (Å²) in [5, 5.41) is 18.6. The summed E-state index contributed by atoms with van der Waals surface area (Å²) >= 11 is 0. The number of rotatable bonds is 3. The van der Waals surface area contributed by atoms with Crippen LogP contribution in [0.3, 0.4) is 0 Å². The number of anilines is 1. The Labute approximate surface area is 198 Å². The van der Waals surface area contributed by atoms with Crippen molar-refractivity contribution in [3.8, 4) is 17.6 Å². The third-order valence-electron chi connectivity index (χ3n) is 5.95. The van der Waals surface area contributed by atoms with Crippen molar-refractivity contribution in [3.63, 3.8) is 0 Å².